The fourth-order valence-corrected chi connectivity index (χ4v) is 3.38. The van der Waals surface area contributed by atoms with Crippen molar-refractivity contribution in [1.29, 1.82) is 0 Å². The van der Waals surface area contributed by atoms with Crippen molar-refractivity contribution in [2.75, 3.05) is 0 Å². The third-order valence-electron chi connectivity index (χ3n) is 3.43. The number of rotatable bonds is 3. The van der Waals surface area contributed by atoms with Gasteiger partial charge in [0, 0.05) is 23.3 Å². The van der Waals surface area contributed by atoms with Gasteiger partial charge in [0.05, 0.1) is 0 Å². The molecule has 0 spiro atoms. The van der Waals surface area contributed by atoms with Crippen molar-refractivity contribution in [1.82, 2.24) is 19.4 Å². The third-order valence-corrected chi connectivity index (χ3v) is 4.47. The maximum absolute atomic E-state index is 13.2. The van der Waals surface area contributed by atoms with E-state index < -0.39 is 5.24 Å². The minimum atomic E-state index is -0.618. The van der Waals surface area contributed by atoms with Gasteiger partial charge < -0.3 is 0 Å². The second kappa shape index (κ2) is 5.77. The number of carbonyl (C=O) groups is 1. The summed E-state index contributed by atoms with van der Waals surface area (Å²) in [7, 11) is 0. The molecule has 3 aromatic heterocycles. The SMILES string of the molecule is O=C(Cl)c1csc(-c2c(-c3ccc(F)cc3)nc3ncccn23)n1. The first kappa shape index (κ1) is 14.9. The molecular weight excluding hydrogens is 351 g/mol. The molecule has 0 radical (unpaired) electrons. The van der Waals surface area contributed by atoms with Crippen LogP contribution >= 0.6 is 22.9 Å². The predicted octanol–water partition coefficient (Wildman–Crippen LogP) is 4.04. The number of thiazole rings is 1. The summed E-state index contributed by atoms with van der Waals surface area (Å²) in [6.07, 6.45) is 3.44. The molecule has 0 N–H and O–H groups in total. The first-order valence-electron chi connectivity index (χ1n) is 6.88. The molecule has 1 aromatic carbocycles. The molecule has 0 saturated heterocycles. The summed E-state index contributed by atoms with van der Waals surface area (Å²) in [6, 6.07) is 7.79. The zero-order valence-electron chi connectivity index (χ0n) is 12.0. The molecule has 5 nitrogen and oxygen atoms in total. The van der Waals surface area contributed by atoms with E-state index in [1.165, 1.54) is 23.5 Å². The van der Waals surface area contributed by atoms with Gasteiger partial charge in [0.2, 0.25) is 5.78 Å². The monoisotopic (exact) mass is 358 g/mol. The van der Waals surface area contributed by atoms with E-state index in [-0.39, 0.29) is 11.5 Å². The molecule has 118 valence electrons. The lowest BCUT2D eigenvalue weighted by Gasteiger charge is -2.02. The van der Waals surface area contributed by atoms with Gasteiger partial charge in [-0.2, -0.15) is 0 Å². The number of hydrogen-bond donors (Lipinski definition) is 0. The standard InChI is InChI=1S/C16H8ClFN4OS/c17-14(23)11-8-24-15(20-11)13-12(9-2-4-10(18)5-3-9)21-16-19-6-1-7-22(13)16/h1-8H. The van der Waals surface area contributed by atoms with Gasteiger partial charge in [0.25, 0.3) is 5.24 Å². The van der Waals surface area contributed by atoms with E-state index in [0.29, 0.717) is 22.2 Å². The van der Waals surface area contributed by atoms with Crippen LogP contribution in [0.1, 0.15) is 10.5 Å². The van der Waals surface area contributed by atoms with Crippen LogP contribution in [0.3, 0.4) is 0 Å². The molecule has 0 aliphatic rings. The smallest absolute Gasteiger partial charge is 0.271 e. The summed E-state index contributed by atoms with van der Waals surface area (Å²) in [5, 5.41) is 1.56. The summed E-state index contributed by atoms with van der Waals surface area (Å²) in [6.45, 7) is 0. The largest absolute Gasteiger partial charge is 0.281 e. The molecule has 4 aromatic rings. The van der Waals surface area contributed by atoms with Crippen molar-refractivity contribution in [3.05, 3.63) is 59.6 Å². The number of halogens is 2. The average molecular weight is 359 g/mol. The van der Waals surface area contributed by atoms with Crippen LogP contribution in [0.2, 0.25) is 0 Å². The fourth-order valence-electron chi connectivity index (χ4n) is 2.37. The van der Waals surface area contributed by atoms with Crippen molar-refractivity contribution in [3.8, 4) is 22.0 Å². The Labute approximate surface area is 144 Å². The Balaban J connectivity index is 1.99. The van der Waals surface area contributed by atoms with Crippen LogP contribution in [0.15, 0.2) is 48.1 Å². The molecule has 4 rings (SSSR count). The Kier molecular flexibility index (Phi) is 3.59. The molecule has 0 unspecified atom stereocenters. The van der Waals surface area contributed by atoms with E-state index in [0.717, 1.165) is 5.56 Å². The molecular formula is C16H8ClFN4OS. The minimum Gasteiger partial charge on any atom is -0.281 e. The zero-order chi connectivity index (χ0) is 16.7. The number of imidazole rings is 1. The molecule has 0 atom stereocenters. The van der Waals surface area contributed by atoms with Crippen LogP contribution in [0.4, 0.5) is 4.39 Å². The van der Waals surface area contributed by atoms with Gasteiger partial charge in [-0.25, -0.2) is 19.3 Å². The van der Waals surface area contributed by atoms with Crippen LogP contribution in [0.5, 0.6) is 0 Å². The zero-order valence-corrected chi connectivity index (χ0v) is 13.6. The minimum absolute atomic E-state index is 0.181. The van der Waals surface area contributed by atoms with Crippen molar-refractivity contribution in [3.63, 3.8) is 0 Å². The first-order valence-corrected chi connectivity index (χ1v) is 8.14. The molecule has 0 amide bonds. The molecule has 3 heterocycles. The molecule has 0 bridgehead atoms. The number of hydrogen-bond acceptors (Lipinski definition) is 5. The van der Waals surface area contributed by atoms with Gasteiger partial charge >= 0.3 is 0 Å². The van der Waals surface area contributed by atoms with Crippen LogP contribution in [-0.4, -0.2) is 24.6 Å². The molecule has 24 heavy (non-hydrogen) atoms. The van der Waals surface area contributed by atoms with Gasteiger partial charge in [-0.15, -0.1) is 11.3 Å². The summed E-state index contributed by atoms with van der Waals surface area (Å²) in [5.41, 5.74) is 2.20. The number of carbonyl (C=O) groups excluding carboxylic acids is 1. The van der Waals surface area contributed by atoms with Gasteiger partial charge in [-0.05, 0) is 41.9 Å². The van der Waals surface area contributed by atoms with E-state index in [2.05, 4.69) is 15.0 Å². The molecule has 0 aliphatic carbocycles. The third kappa shape index (κ3) is 2.47. The highest BCUT2D eigenvalue weighted by Crippen LogP contribution is 2.34. The number of benzene rings is 1. The maximum atomic E-state index is 13.2. The van der Waals surface area contributed by atoms with Crippen LogP contribution in [0, 0.1) is 5.82 Å². The summed E-state index contributed by atoms with van der Waals surface area (Å²) < 4.78 is 15.0. The van der Waals surface area contributed by atoms with E-state index in [4.69, 9.17) is 11.6 Å². The quantitative estimate of drug-likeness (QED) is 0.519. The highest BCUT2D eigenvalue weighted by molar-refractivity contribution is 7.13. The van der Waals surface area contributed by atoms with Gasteiger partial charge in [-0.1, -0.05) is 0 Å². The number of nitrogens with zero attached hydrogens (tertiary/aromatic N) is 4. The molecule has 0 aliphatic heterocycles. The van der Waals surface area contributed by atoms with Crippen molar-refractivity contribution < 1.29 is 9.18 Å². The Morgan fingerprint density at radius 2 is 2.00 bits per heavy atom. The second-order valence-electron chi connectivity index (χ2n) is 4.92. The van der Waals surface area contributed by atoms with Crippen LogP contribution in [0.25, 0.3) is 27.7 Å². The van der Waals surface area contributed by atoms with Crippen LogP contribution in [-0.2, 0) is 0 Å². The predicted molar refractivity (Wildman–Crippen MR) is 89.7 cm³/mol. The molecule has 0 saturated carbocycles. The van der Waals surface area contributed by atoms with E-state index in [1.807, 2.05) is 0 Å². The van der Waals surface area contributed by atoms with Crippen molar-refractivity contribution in [2.45, 2.75) is 0 Å². The number of aromatic nitrogens is 4. The second-order valence-corrected chi connectivity index (χ2v) is 6.12. The lowest BCUT2D eigenvalue weighted by atomic mass is 10.1. The molecule has 8 heteroatoms. The van der Waals surface area contributed by atoms with Crippen molar-refractivity contribution >= 4 is 34.0 Å². The Hall–Kier alpha value is -2.64. The van der Waals surface area contributed by atoms with Gasteiger partial charge in [-0.3, -0.25) is 9.20 Å². The van der Waals surface area contributed by atoms with Gasteiger partial charge in [0.15, 0.2) is 0 Å². The summed E-state index contributed by atoms with van der Waals surface area (Å²) in [5.74, 6) is 0.159. The highest BCUT2D eigenvalue weighted by Gasteiger charge is 2.20. The fraction of sp³-hybridized carbons (Fsp3) is 0. The topological polar surface area (TPSA) is 60.2 Å². The van der Waals surface area contributed by atoms with Crippen LogP contribution < -0.4 is 0 Å². The first-order chi connectivity index (χ1) is 11.6. The maximum Gasteiger partial charge on any atom is 0.271 e. The van der Waals surface area contributed by atoms with Gasteiger partial charge in [0.1, 0.15) is 27.9 Å². The Morgan fingerprint density at radius 1 is 1.21 bits per heavy atom. The summed E-state index contributed by atoms with van der Waals surface area (Å²) >= 11 is 6.78. The van der Waals surface area contributed by atoms with E-state index >= 15 is 0 Å². The Bertz CT molecular complexity index is 1060. The van der Waals surface area contributed by atoms with E-state index in [1.54, 1.807) is 40.4 Å². The lowest BCUT2D eigenvalue weighted by Crippen LogP contribution is -1.92. The summed E-state index contributed by atoms with van der Waals surface area (Å²) in [4.78, 5) is 24.4. The normalized spacial score (nSPS) is 11.1. The Morgan fingerprint density at radius 3 is 2.71 bits per heavy atom. The lowest BCUT2D eigenvalue weighted by molar-refractivity contribution is 0.107. The van der Waals surface area contributed by atoms with E-state index in [9.17, 15) is 9.18 Å². The molecule has 0 fully saturated rings. The average Bonchev–Trinajstić information content (AvgIpc) is 3.19. The highest BCUT2D eigenvalue weighted by atomic mass is 35.5. The van der Waals surface area contributed by atoms with Crippen molar-refractivity contribution in [2.24, 2.45) is 0 Å². The number of fused-ring (bicyclic) bond motifs is 1.